The van der Waals surface area contributed by atoms with Crippen LogP contribution in [0.2, 0.25) is 0 Å². The molecule has 0 aromatic carbocycles. The third-order valence-electron chi connectivity index (χ3n) is 0.675. The van der Waals surface area contributed by atoms with Crippen LogP contribution in [0.15, 0.2) is 0 Å². The number of hydrogen-bond donors (Lipinski definition) is 1. The highest BCUT2D eigenvalue weighted by Gasteiger charge is 1.80. The van der Waals surface area contributed by atoms with Gasteiger partial charge in [-0.2, -0.15) is 6.42 Å². The average molecular weight is 144 g/mol. The smallest absolute Gasteiger partial charge is 0.204 e. The van der Waals surface area contributed by atoms with Crippen molar-refractivity contribution in [1.29, 1.82) is 0 Å². The normalized spacial score (nSPS) is 5.73. The third-order valence-corrected chi connectivity index (χ3v) is 0.675. The summed E-state index contributed by atoms with van der Waals surface area (Å²) in [5.41, 5.74) is 4.83. The van der Waals surface area contributed by atoms with E-state index in [2.05, 4.69) is 29.6 Å². The van der Waals surface area contributed by atoms with E-state index < -0.39 is 5.91 Å². The Kier molecular flexibility index (Phi) is 5.04. The second-order valence-corrected chi connectivity index (χ2v) is 1.54. The van der Waals surface area contributed by atoms with E-state index in [9.17, 15) is 4.79 Å². The topological polar surface area (TPSA) is 43.1 Å². The van der Waals surface area contributed by atoms with Gasteiger partial charge in [-0.15, -0.1) is 12.3 Å². The fraction of sp³-hybridized carbons (Fsp3) is 0.111. The zero-order valence-electron chi connectivity index (χ0n) is 5.85. The van der Waals surface area contributed by atoms with Gasteiger partial charge in [-0.05, 0) is 18.3 Å². The lowest BCUT2D eigenvalue weighted by atomic mass is 10.3. The van der Waals surface area contributed by atoms with Gasteiger partial charge in [-0.3, -0.25) is 10.7 Å². The molecule has 0 aromatic heterocycles. The van der Waals surface area contributed by atoms with Crippen LogP contribution in [0.4, 0.5) is 0 Å². The van der Waals surface area contributed by atoms with Gasteiger partial charge in [0.15, 0.2) is 0 Å². The molecule has 0 saturated heterocycles. The first-order valence-corrected chi connectivity index (χ1v) is 2.83. The Morgan fingerprint density at radius 3 is 2.73 bits per heavy atom. The molecule has 0 heterocycles. The summed E-state index contributed by atoms with van der Waals surface area (Å²) in [5, 5.41) is 0. The van der Waals surface area contributed by atoms with Gasteiger partial charge in [0.2, 0.25) is 5.91 Å². The van der Waals surface area contributed by atoms with E-state index in [1.165, 1.54) is 6.42 Å². The second-order valence-electron chi connectivity index (χ2n) is 1.54. The van der Waals surface area contributed by atoms with Crippen LogP contribution in [0.3, 0.4) is 0 Å². The number of carbonyl (C=O) groups is 1. The van der Waals surface area contributed by atoms with Crippen molar-refractivity contribution < 1.29 is 4.79 Å². The number of rotatable bonds is 2. The zero-order valence-corrected chi connectivity index (χ0v) is 5.85. The van der Waals surface area contributed by atoms with Crippen molar-refractivity contribution in [3.05, 3.63) is 6.42 Å². The molecule has 0 unspecified atom stereocenters. The Bertz CT molecular complexity index is 287. The van der Waals surface area contributed by atoms with Gasteiger partial charge < -0.3 is 5.73 Å². The van der Waals surface area contributed by atoms with Gasteiger partial charge in [0.1, 0.15) is 0 Å². The van der Waals surface area contributed by atoms with Crippen molar-refractivity contribution in [2.75, 3.05) is 0 Å². The van der Waals surface area contributed by atoms with Gasteiger partial charge in [0, 0.05) is 0 Å². The molecule has 0 aliphatic rings. The van der Waals surface area contributed by atoms with E-state index in [0.29, 0.717) is 0 Å². The lowest BCUT2D eigenvalue weighted by Crippen LogP contribution is -2.09. The molecule has 0 bridgehead atoms. The second kappa shape index (κ2) is 6.14. The molecule has 0 aromatic rings. The van der Waals surface area contributed by atoms with Crippen molar-refractivity contribution in [2.45, 2.75) is 6.42 Å². The largest absolute Gasteiger partial charge is 0.371 e. The van der Waals surface area contributed by atoms with E-state index in [4.69, 9.17) is 12.2 Å². The minimum atomic E-state index is -0.413. The number of hydrogen-bond acceptors (Lipinski definition) is 1. The molecule has 2 heteroatoms. The van der Waals surface area contributed by atoms with Crippen LogP contribution >= 0.6 is 0 Å². The Hall–Kier alpha value is -1.98. The Balaban J connectivity index is 3.59. The molecule has 0 rings (SSSR count). The monoisotopic (exact) mass is 144 g/mol. The van der Waals surface area contributed by atoms with Crippen molar-refractivity contribution in [3.8, 4) is 36.0 Å². The minimum Gasteiger partial charge on any atom is -0.371 e. The van der Waals surface area contributed by atoms with E-state index in [0.717, 1.165) is 0 Å². The number of carbonyl (C=O) groups excluding carboxylic acids is 1. The van der Waals surface area contributed by atoms with Crippen molar-refractivity contribution in [3.63, 3.8) is 0 Å². The molecule has 2 nitrogen and oxygen atoms in total. The van der Waals surface area contributed by atoms with Crippen LogP contribution < -0.4 is 5.73 Å². The number of nitrogens with two attached hydrogens (primary N) is 1. The predicted molar refractivity (Wildman–Crippen MR) is 42.5 cm³/mol. The van der Waals surface area contributed by atoms with Crippen LogP contribution in [0.25, 0.3) is 0 Å². The molecule has 0 fully saturated rings. The number of terminal acetylenes is 1. The summed E-state index contributed by atoms with van der Waals surface area (Å²) in [5.74, 6) is 11.3. The quantitative estimate of drug-likeness (QED) is 0.420. The SMILES string of the molecule is C#CC#CC#C[CH-]CC(N)=O. The lowest BCUT2D eigenvalue weighted by Gasteiger charge is -1.91. The van der Waals surface area contributed by atoms with E-state index in [1.54, 1.807) is 0 Å². The summed E-state index contributed by atoms with van der Waals surface area (Å²) in [6.07, 6.45) is 6.40. The van der Waals surface area contributed by atoms with Gasteiger partial charge in [-0.1, -0.05) is 0 Å². The number of primary amides is 1. The molecular weight excluding hydrogens is 138 g/mol. The summed E-state index contributed by atoms with van der Waals surface area (Å²) in [7, 11) is 0. The van der Waals surface area contributed by atoms with Crippen molar-refractivity contribution in [2.24, 2.45) is 5.73 Å². The van der Waals surface area contributed by atoms with Gasteiger partial charge in [0.25, 0.3) is 0 Å². The minimum absolute atomic E-state index is 0.144. The van der Waals surface area contributed by atoms with Gasteiger partial charge in [-0.25, -0.2) is 5.92 Å². The molecule has 0 atom stereocenters. The summed E-state index contributed by atoms with van der Waals surface area (Å²) in [6.45, 7) is 0. The summed E-state index contributed by atoms with van der Waals surface area (Å²) >= 11 is 0. The maximum atomic E-state index is 10.1. The van der Waals surface area contributed by atoms with Gasteiger partial charge >= 0.3 is 0 Å². The molecule has 11 heavy (non-hydrogen) atoms. The Labute approximate surface area is 66.2 Å². The first-order valence-electron chi connectivity index (χ1n) is 2.83. The maximum Gasteiger partial charge on any atom is 0.204 e. The van der Waals surface area contributed by atoms with E-state index in [-0.39, 0.29) is 6.42 Å². The molecule has 54 valence electrons. The Morgan fingerprint density at radius 1 is 1.45 bits per heavy atom. The first-order chi connectivity index (χ1) is 5.27. The highest BCUT2D eigenvalue weighted by molar-refractivity contribution is 5.75. The van der Waals surface area contributed by atoms with Crippen molar-refractivity contribution >= 4 is 5.91 Å². The van der Waals surface area contributed by atoms with E-state index >= 15 is 0 Å². The van der Waals surface area contributed by atoms with Crippen LogP contribution in [0.1, 0.15) is 6.42 Å². The number of amides is 1. The molecule has 0 aliphatic heterocycles. The average Bonchev–Trinajstić information content (AvgIpc) is 1.96. The lowest BCUT2D eigenvalue weighted by molar-refractivity contribution is -0.117. The van der Waals surface area contributed by atoms with Crippen LogP contribution in [0.5, 0.6) is 0 Å². The zero-order chi connectivity index (χ0) is 8.53. The summed E-state index contributed by atoms with van der Waals surface area (Å²) < 4.78 is 0. The van der Waals surface area contributed by atoms with E-state index in [1.807, 2.05) is 0 Å². The summed E-state index contributed by atoms with van der Waals surface area (Å²) in [6, 6.07) is 0. The maximum absolute atomic E-state index is 10.1. The third kappa shape index (κ3) is 8.02. The van der Waals surface area contributed by atoms with Gasteiger partial charge in [0.05, 0.1) is 0 Å². The molecule has 1 amide bonds. The van der Waals surface area contributed by atoms with Crippen molar-refractivity contribution in [1.82, 2.24) is 0 Å². The molecule has 0 aliphatic carbocycles. The molecule has 0 saturated carbocycles. The highest BCUT2D eigenvalue weighted by Crippen LogP contribution is 1.80. The van der Waals surface area contributed by atoms with Crippen LogP contribution in [0, 0.1) is 42.4 Å². The summed E-state index contributed by atoms with van der Waals surface area (Å²) in [4.78, 5) is 10.1. The first kappa shape index (κ1) is 9.02. The molecular formula is C9H6NO-. The standard InChI is InChI=1S/C9H6NO/c1-2-3-4-5-6-7-8-9(10)11/h1,7H,8H2,(H2,10,11)/q-1. The Morgan fingerprint density at radius 2 is 2.18 bits per heavy atom. The van der Waals surface area contributed by atoms with Crippen LogP contribution in [-0.4, -0.2) is 5.91 Å². The molecule has 0 spiro atoms. The highest BCUT2D eigenvalue weighted by atomic mass is 16.1. The fourth-order valence-corrected chi connectivity index (χ4v) is 0.306. The molecule has 2 N–H and O–H groups in total. The fourth-order valence-electron chi connectivity index (χ4n) is 0.306. The predicted octanol–water partition coefficient (Wildman–Crippen LogP) is -0.294. The van der Waals surface area contributed by atoms with Crippen LogP contribution in [-0.2, 0) is 4.79 Å². The molecule has 0 radical (unpaired) electrons.